The van der Waals surface area contributed by atoms with Crippen LogP contribution in [-0.2, 0) is 0 Å². The summed E-state index contributed by atoms with van der Waals surface area (Å²) < 4.78 is 0. The summed E-state index contributed by atoms with van der Waals surface area (Å²) in [5.74, 6) is -3.52. The minimum Gasteiger partial charge on any atom is -0.478 e. The van der Waals surface area contributed by atoms with Crippen LogP contribution in [0.15, 0.2) is 158 Å². The fourth-order valence-corrected chi connectivity index (χ4v) is 3.64. The summed E-state index contributed by atoms with van der Waals surface area (Å²) in [5.41, 5.74) is 1.32. The van der Waals surface area contributed by atoms with Crippen molar-refractivity contribution in [2.45, 2.75) is 51.7 Å². The van der Waals surface area contributed by atoms with Crippen LogP contribution >= 0.6 is 0 Å². The number of carbonyl (C=O) groups is 4. The Kier molecular flexibility index (Phi) is 27.3. The molecule has 0 bridgehead atoms. The summed E-state index contributed by atoms with van der Waals surface area (Å²) in [7, 11) is 0. The minimum absolute atomic E-state index is 0.331. The predicted molar refractivity (Wildman–Crippen MR) is 202 cm³/mol. The van der Waals surface area contributed by atoms with Gasteiger partial charge in [0.05, 0.1) is 22.3 Å². The number of aromatic carboxylic acids is 4. The molecule has 6 N–H and O–H groups in total. The smallest absolute Gasteiger partial charge is 0.335 e. The van der Waals surface area contributed by atoms with E-state index < -0.39 is 30.2 Å². The minimum atomic E-state index is -1.10. The molecule has 0 aliphatic carbocycles. The summed E-state index contributed by atoms with van der Waals surface area (Å²) in [5, 5.41) is 50.5. The second-order valence-corrected chi connectivity index (χ2v) is 10.5. The van der Waals surface area contributed by atoms with Crippen LogP contribution in [0, 0.1) is 0 Å². The van der Waals surface area contributed by atoms with Gasteiger partial charge in [-0.3, -0.25) is 0 Å². The molecule has 5 aromatic carbocycles. The molecule has 10 heteroatoms. The van der Waals surface area contributed by atoms with E-state index >= 15 is 0 Å². The molecular formula is C42H48O10. The number of hydrogen-bond donors (Lipinski definition) is 6. The van der Waals surface area contributed by atoms with E-state index in [-0.39, 0.29) is 0 Å². The predicted octanol–water partition coefficient (Wildman–Crippen LogP) is 8.88. The van der Waals surface area contributed by atoms with E-state index in [1.165, 1.54) is 19.3 Å². The van der Waals surface area contributed by atoms with E-state index in [1.807, 2.05) is 36.4 Å². The maximum atomic E-state index is 10.2. The molecule has 0 heterocycles. The Hall–Kier alpha value is -6.10. The average molecular weight is 713 g/mol. The third kappa shape index (κ3) is 26.8. The van der Waals surface area contributed by atoms with Crippen molar-refractivity contribution >= 4 is 23.9 Å². The number of unbranched alkanes of at least 4 members (excludes halogenated alkanes) is 4. The summed E-state index contributed by atoms with van der Waals surface area (Å²) in [6.07, 6.45) is 5.24. The van der Waals surface area contributed by atoms with Gasteiger partial charge in [0.1, 0.15) is 0 Å². The number of carboxylic acid groups (broad SMARTS) is 4. The molecule has 52 heavy (non-hydrogen) atoms. The van der Waals surface area contributed by atoms with Crippen molar-refractivity contribution in [3.05, 3.63) is 180 Å². The zero-order chi connectivity index (χ0) is 38.8. The molecule has 0 aliphatic heterocycles. The monoisotopic (exact) mass is 712 g/mol. The number of hydrogen-bond acceptors (Lipinski definition) is 6. The van der Waals surface area contributed by atoms with E-state index in [0.29, 0.717) is 28.7 Å². The van der Waals surface area contributed by atoms with Gasteiger partial charge in [-0.25, -0.2) is 19.2 Å². The Morgan fingerprint density at radius 1 is 0.385 bits per heavy atom. The van der Waals surface area contributed by atoms with Crippen LogP contribution in [0.3, 0.4) is 0 Å². The molecule has 0 radical (unpaired) electrons. The van der Waals surface area contributed by atoms with Crippen LogP contribution in [0.25, 0.3) is 0 Å². The lowest BCUT2D eigenvalue weighted by Gasteiger charge is -2.01. The Morgan fingerprint density at radius 3 is 0.769 bits per heavy atom. The highest BCUT2D eigenvalue weighted by atomic mass is 16.5. The van der Waals surface area contributed by atoms with Crippen LogP contribution in [0.1, 0.15) is 86.9 Å². The van der Waals surface area contributed by atoms with E-state index in [0.717, 1.165) is 12.8 Å². The van der Waals surface area contributed by atoms with Crippen LogP contribution < -0.4 is 0 Å². The van der Waals surface area contributed by atoms with Gasteiger partial charge >= 0.3 is 23.9 Å². The van der Waals surface area contributed by atoms with Gasteiger partial charge in [-0.15, -0.1) is 0 Å². The summed E-state index contributed by atoms with van der Waals surface area (Å²) in [6, 6.07) is 45.2. The number of rotatable bonds is 10. The lowest BCUT2D eigenvalue weighted by atomic mass is 10.1. The highest BCUT2D eigenvalue weighted by molar-refractivity contribution is 5.88. The first-order valence-corrected chi connectivity index (χ1v) is 16.5. The molecule has 5 aromatic rings. The molecule has 5 rings (SSSR count). The van der Waals surface area contributed by atoms with Crippen molar-refractivity contribution in [2.75, 3.05) is 0 Å². The van der Waals surface area contributed by atoms with Crippen LogP contribution in [-0.4, -0.2) is 60.8 Å². The molecule has 0 unspecified atom stereocenters. The number of aliphatic hydroxyl groups is 2. The van der Waals surface area contributed by atoms with Crippen molar-refractivity contribution in [1.82, 2.24) is 0 Å². The average Bonchev–Trinajstić information content (AvgIpc) is 3.18. The zero-order valence-corrected chi connectivity index (χ0v) is 29.1. The molecule has 0 aliphatic rings. The third-order valence-electron chi connectivity index (χ3n) is 6.32. The first-order chi connectivity index (χ1) is 25.0. The Balaban J connectivity index is 0.000000603. The van der Waals surface area contributed by atoms with Crippen molar-refractivity contribution < 1.29 is 49.8 Å². The van der Waals surface area contributed by atoms with Gasteiger partial charge in [0.15, 0.2) is 6.29 Å². The topological polar surface area (TPSA) is 190 Å². The van der Waals surface area contributed by atoms with Crippen LogP contribution in [0.2, 0.25) is 0 Å². The molecule has 0 amide bonds. The fourth-order valence-electron chi connectivity index (χ4n) is 3.64. The molecular weight excluding hydrogens is 664 g/mol. The summed E-state index contributed by atoms with van der Waals surface area (Å²) in [4.78, 5) is 40.8. The van der Waals surface area contributed by atoms with E-state index in [2.05, 4.69) is 6.92 Å². The maximum Gasteiger partial charge on any atom is 0.335 e. The third-order valence-corrected chi connectivity index (χ3v) is 6.32. The SMILES string of the molecule is CCCCCCCC(O)O.O=C(O)c1ccccc1.O=C(O)c1ccccc1.O=C(O)c1ccccc1.O=C(O)c1ccccc1.c1ccccc1. The molecule has 276 valence electrons. The largest absolute Gasteiger partial charge is 0.478 e. The number of carboxylic acids is 4. The van der Waals surface area contributed by atoms with Crippen LogP contribution in [0.5, 0.6) is 0 Å². The second-order valence-electron chi connectivity index (χ2n) is 10.5. The van der Waals surface area contributed by atoms with Gasteiger partial charge in [0.25, 0.3) is 0 Å². The van der Waals surface area contributed by atoms with E-state index in [4.69, 9.17) is 30.6 Å². The Morgan fingerprint density at radius 2 is 0.596 bits per heavy atom. The van der Waals surface area contributed by atoms with Gasteiger partial charge in [-0.2, -0.15) is 0 Å². The molecule has 0 saturated heterocycles. The Labute approximate surface area is 304 Å². The highest BCUT2D eigenvalue weighted by Crippen LogP contribution is 2.05. The lowest BCUT2D eigenvalue weighted by Crippen LogP contribution is -2.02. The molecule has 0 saturated carbocycles. The van der Waals surface area contributed by atoms with Gasteiger partial charge in [0.2, 0.25) is 0 Å². The first-order valence-electron chi connectivity index (χ1n) is 16.5. The normalized spacial score (nSPS) is 9.15. The van der Waals surface area contributed by atoms with Crippen molar-refractivity contribution in [1.29, 1.82) is 0 Å². The molecule has 0 spiro atoms. The van der Waals surface area contributed by atoms with Crippen molar-refractivity contribution in [3.63, 3.8) is 0 Å². The Bertz CT molecular complexity index is 1370. The van der Waals surface area contributed by atoms with Gasteiger partial charge in [-0.1, -0.05) is 142 Å². The lowest BCUT2D eigenvalue weighted by molar-refractivity contribution is -0.0466. The molecule has 0 atom stereocenters. The highest BCUT2D eigenvalue weighted by Gasteiger charge is 1.99. The van der Waals surface area contributed by atoms with Gasteiger partial charge in [-0.05, 0) is 61.4 Å². The number of aliphatic hydroxyl groups excluding tert-OH is 1. The van der Waals surface area contributed by atoms with E-state index in [9.17, 15) is 19.2 Å². The zero-order valence-electron chi connectivity index (χ0n) is 29.1. The first kappa shape index (κ1) is 45.9. The summed E-state index contributed by atoms with van der Waals surface area (Å²) >= 11 is 0. The van der Waals surface area contributed by atoms with Gasteiger partial charge in [0, 0.05) is 0 Å². The molecule has 0 fully saturated rings. The van der Waals surface area contributed by atoms with E-state index in [1.54, 1.807) is 121 Å². The van der Waals surface area contributed by atoms with Crippen LogP contribution in [0.4, 0.5) is 0 Å². The number of benzene rings is 5. The maximum absolute atomic E-state index is 10.2. The van der Waals surface area contributed by atoms with Gasteiger partial charge < -0.3 is 30.6 Å². The summed E-state index contributed by atoms with van der Waals surface area (Å²) in [6.45, 7) is 2.17. The fraction of sp³-hybridized carbons (Fsp3) is 0.190. The second kappa shape index (κ2) is 30.9. The molecule has 10 nitrogen and oxygen atoms in total. The molecule has 0 aromatic heterocycles. The quantitative estimate of drug-likeness (QED) is 0.0602. The standard InChI is InChI=1S/C8H18O2.4C7H6O2.C6H6/c1-2-3-4-5-6-7-8(9)10;4*8-7(9)6-4-2-1-3-5-6;1-2-4-6-5-3-1/h8-10H,2-7H2,1H3;4*1-5H,(H,8,9);1-6H. The van der Waals surface area contributed by atoms with Crippen molar-refractivity contribution in [3.8, 4) is 0 Å². The van der Waals surface area contributed by atoms with Crippen molar-refractivity contribution in [2.24, 2.45) is 0 Å².